The van der Waals surface area contributed by atoms with Crippen LogP contribution in [0.5, 0.6) is 0 Å². The van der Waals surface area contributed by atoms with Crippen molar-refractivity contribution in [1.29, 1.82) is 0 Å². The topological polar surface area (TPSA) is 21.3 Å². The fourth-order valence-electron chi connectivity index (χ4n) is 1.48. The van der Waals surface area contributed by atoms with Gasteiger partial charge in [-0.25, -0.2) is 0 Å². The van der Waals surface area contributed by atoms with Gasteiger partial charge in [0.05, 0.1) is 6.61 Å². The van der Waals surface area contributed by atoms with Crippen molar-refractivity contribution in [1.82, 2.24) is 5.32 Å². The monoisotopic (exact) mass is 289 g/mol. The molecule has 1 aromatic rings. The van der Waals surface area contributed by atoms with Gasteiger partial charge in [-0.2, -0.15) is 0 Å². The highest BCUT2D eigenvalue weighted by Crippen LogP contribution is 2.23. The summed E-state index contributed by atoms with van der Waals surface area (Å²) in [5.41, 5.74) is 0.947. The maximum absolute atomic E-state index is 6.07. The number of ether oxygens (including phenoxy) is 1. The first-order valence-electron chi connectivity index (χ1n) is 6.32. The van der Waals surface area contributed by atoms with Gasteiger partial charge in [-0.05, 0) is 24.5 Å². The Morgan fingerprint density at radius 3 is 2.44 bits per heavy atom. The molecule has 1 aromatic carbocycles. The molecule has 0 saturated heterocycles. The molecule has 0 aliphatic carbocycles. The van der Waals surface area contributed by atoms with E-state index < -0.39 is 0 Å². The Labute approximate surface area is 120 Å². The van der Waals surface area contributed by atoms with E-state index in [-0.39, 0.29) is 0 Å². The third-order valence-corrected chi connectivity index (χ3v) is 3.33. The predicted octanol–water partition coefficient (Wildman–Crippen LogP) is 4.15. The molecule has 0 unspecified atom stereocenters. The number of rotatable bonds is 8. The molecule has 1 rings (SSSR count). The predicted molar refractivity (Wildman–Crippen MR) is 78.4 cm³/mol. The minimum Gasteiger partial charge on any atom is -0.380 e. The van der Waals surface area contributed by atoms with Crippen LogP contribution in [0, 0.1) is 5.92 Å². The van der Waals surface area contributed by atoms with E-state index in [4.69, 9.17) is 27.9 Å². The first kappa shape index (κ1) is 15.8. The summed E-state index contributed by atoms with van der Waals surface area (Å²) in [6.45, 7) is 7.41. The van der Waals surface area contributed by atoms with Crippen LogP contribution in [0.1, 0.15) is 25.8 Å². The van der Waals surface area contributed by atoms with Crippen LogP contribution in [-0.4, -0.2) is 19.8 Å². The molecule has 0 bridgehead atoms. The Bertz CT molecular complexity index is 335. The Morgan fingerprint density at radius 1 is 1.17 bits per heavy atom. The molecule has 102 valence electrons. The molecule has 0 saturated carbocycles. The normalized spacial score (nSPS) is 11.2. The number of hydrogen-bond acceptors (Lipinski definition) is 2. The Morgan fingerprint density at radius 2 is 1.83 bits per heavy atom. The summed E-state index contributed by atoms with van der Waals surface area (Å²) < 4.78 is 5.51. The van der Waals surface area contributed by atoms with Crippen molar-refractivity contribution in [3.63, 3.8) is 0 Å². The second-order valence-corrected chi connectivity index (χ2v) is 5.49. The first-order valence-corrected chi connectivity index (χ1v) is 7.08. The van der Waals surface area contributed by atoms with Crippen molar-refractivity contribution in [2.75, 3.05) is 19.8 Å². The zero-order valence-corrected chi connectivity index (χ0v) is 12.5. The quantitative estimate of drug-likeness (QED) is 0.726. The molecule has 0 fully saturated rings. The van der Waals surface area contributed by atoms with Crippen LogP contribution in [0.4, 0.5) is 0 Å². The average molecular weight is 290 g/mol. The van der Waals surface area contributed by atoms with Gasteiger partial charge in [-0.1, -0.05) is 43.1 Å². The van der Waals surface area contributed by atoms with Crippen LogP contribution in [0.2, 0.25) is 10.0 Å². The van der Waals surface area contributed by atoms with Gasteiger partial charge in [0.1, 0.15) is 0 Å². The van der Waals surface area contributed by atoms with Crippen molar-refractivity contribution < 1.29 is 4.74 Å². The molecular formula is C14H21Cl2NO. The lowest BCUT2D eigenvalue weighted by Gasteiger charge is -2.09. The van der Waals surface area contributed by atoms with Crippen molar-refractivity contribution in [3.05, 3.63) is 33.8 Å². The van der Waals surface area contributed by atoms with E-state index in [1.54, 1.807) is 0 Å². The minimum absolute atomic E-state index is 0.673. The standard InChI is InChI=1S/C14H21Cl2NO/c1-11(2)6-8-18-9-7-17-10-12-13(15)4-3-5-14(12)16/h3-5,11,17H,6-10H2,1-2H3. The second kappa shape index (κ2) is 8.76. The van der Waals surface area contributed by atoms with E-state index in [9.17, 15) is 0 Å². The van der Waals surface area contributed by atoms with Gasteiger partial charge >= 0.3 is 0 Å². The fraction of sp³-hybridized carbons (Fsp3) is 0.571. The molecule has 18 heavy (non-hydrogen) atoms. The van der Waals surface area contributed by atoms with Crippen molar-refractivity contribution in [2.45, 2.75) is 26.8 Å². The van der Waals surface area contributed by atoms with E-state index in [1.807, 2.05) is 18.2 Å². The second-order valence-electron chi connectivity index (χ2n) is 4.67. The molecule has 1 N–H and O–H groups in total. The maximum atomic E-state index is 6.07. The molecule has 0 aliphatic heterocycles. The van der Waals surface area contributed by atoms with E-state index >= 15 is 0 Å². The fourth-order valence-corrected chi connectivity index (χ4v) is 2.01. The van der Waals surface area contributed by atoms with Gasteiger partial charge in [0.25, 0.3) is 0 Å². The van der Waals surface area contributed by atoms with Gasteiger partial charge in [0, 0.05) is 35.3 Å². The zero-order valence-electron chi connectivity index (χ0n) is 11.0. The van der Waals surface area contributed by atoms with Crippen LogP contribution in [-0.2, 0) is 11.3 Å². The third kappa shape index (κ3) is 6.05. The SMILES string of the molecule is CC(C)CCOCCNCc1c(Cl)cccc1Cl. The smallest absolute Gasteiger partial charge is 0.0591 e. The maximum Gasteiger partial charge on any atom is 0.0591 e. The Balaban J connectivity index is 2.14. The molecule has 0 spiro atoms. The number of nitrogens with one attached hydrogen (secondary N) is 1. The lowest BCUT2D eigenvalue weighted by molar-refractivity contribution is 0.125. The number of halogens is 2. The van der Waals surface area contributed by atoms with Gasteiger partial charge in [0.15, 0.2) is 0 Å². The van der Waals surface area contributed by atoms with Gasteiger partial charge < -0.3 is 10.1 Å². The molecule has 0 aliphatic rings. The van der Waals surface area contributed by atoms with Crippen LogP contribution in [0.25, 0.3) is 0 Å². The van der Waals surface area contributed by atoms with Gasteiger partial charge in [-0.15, -0.1) is 0 Å². The zero-order chi connectivity index (χ0) is 13.4. The largest absolute Gasteiger partial charge is 0.380 e. The van der Waals surface area contributed by atoms with E-state index in [1.165, 1.54) is 0 Å². The summed E-state index contributed by atoms with van der Waals surface area (Å²) in [4.78, 5) is 0. The van der Waals surface area contributed by atoms with Crippen molar-refractivity contribution in [3.8, 4) is 0 Å². The highest BCUT2D eigenvalue weighted by Gasteiger charge is 2.04. The van der Waals surface area contributed by atoms with Crippen molar-refractivity contribution in [2.24, 2.45) is 5.92 Å². The molecule has 0 radical (unpaired) electrons. The first-order chi connectivity index (χ1) is 8.61. The molecule has 2 nitrogen and oxygen atoms in total. The lowest BCUT2D eigenvalue weighted by atomic mass is 10.1. The van der Waals surface area contributed by atoms with Crippen LogP contribution >= 0.6 is 23.2 Å². The summed E-state index contributed by atoms with van der Waals surface area (Å²) in [6, 6.07) is 5.55. The van der Waals surface area contributed by atoms with Gasteiger partial charge in [0.2, 0.25) is 0 Å². The molecule has 0 heterocycles. The molecule has 4 heteroatoms. The molecule has 0 amide bonds. The summed E-state index contributed by atoms with van der Waals surface area (Å²) in [6.07, 6.45) is 1.11. The third-order valence-electron chi connectivity index (χ3n) is 2.63. The van der Waals surface area contributed by atoms with E-state index in [0.717, 1.165) is 31.7 Å². The summed E-state index contributed by atoms with van der Waals surface area (Å²) >= 11 is 12.1. The molecule has 0 aromatic heterocycles. The summed E-state index contributed by atoms with van der Waals surface area (Å²) in [7, 11) is 0. The minimum atomic E-state index is 0.673. The average Bonchev–Trinajstić information content (AvgIpc) is 2.30. The highest BCUT2D eigenvalue weighted by atomic mass is 35.5. The van der Waals surface area contributed by atoms with Crippen LogP contribution in [0.15, 0.2) is 18.2 Å². The summed E-state index contributed by atoms with van der Waals surface area (Å²) in [5.74, 6) is 0.694. The Kier molecular flexibility index (Phi) is 7.68. The van der Waals surface area contributed by atoms with Crippen LogP contribution in [0.3, 0.4) is 0 Å². The van der Waals surface area contributed by atoms with E-state index in [2.05, 4.69) is 19.2 Å². The highest BCUT2D eigenvalue weighted by molar-refractivity contribution is 6.35. The van der Waals surface area contributed by atoms with E-state index in [0.29, 0.717) is 22.5 Å². The Hall–Kier alpha value is -0.280. The summed E-state index contributed by atoms with van der Waals surface area (Å²) in [5, 5.41) is 4.69. The number of hydrogen-bond donors (Lipinski definition) is 1. The van der Waals surface area contributed by atoms with Crippen molar-refractivity contribution >= 4 is 23.2 Å². The number of benzene rings is 1. The van der Waals surface area contributed by atoms with Crippen LogP contribution < -0.4 is 5.32 Å². The molecule has 0 atom stereocenters. The lowest BCUT2D eigenvalue weighted by Crippen LogP contribution is -2.20. The van der Waals surface area contributed by atoms with Gasteiger partial charge in [-0.3, -0.25) is 0 Å². The molecular weight excluding hydrogens is 269 g/mol.